The molecule has 3 nitrogen and oxygen atoms in total. The smallest absolute Gasteiger partial charge is 0.179 e. The Kier molecular flexibility index (Phi) is 2.81. The molecule has 0 saturated carbocycles. The van der Waals surface area contributed by atoms with E-state index in [0.717, 1.165) is 11.3 Å². The average molecular weight is 218 g/mol. The summed E-state index contributed by atoms with van der Waals surface area (Å²) in [5, 5.41) is 6.63. The maximum Gasteiger partial charge on any atom is 0.179 e. The summed E-state index contributed by atoms with van der Waals surface area (Å²) in [6.45, 7) is 1.46. The first-order valence-corrected chi connectivity index (χ1v) is 4.95. The number of ketones is 1. The van der Waals surface area contributed by atoms with Gasteiger partial charge in [0.25, 0.3) is 0 Å². The van der Waals surface area contributed by atoms with E-state index < -0.39 is 0 Å². The van der Waals surface area contributed by atoms with Crippen molar-refractivity contribution in [3.05, 3.63) is 53.1 Å². The van der Waals surface area contributed by atoms with Crippen molar-refractivity contribution in [3.63, 3.8) is 0 Å². The molecule has 0 aliphatic carbocycles. The van der Waals surface area contributed by atoms with Gasteiger partial charge in [0.05, 0.1) is 0 Å². The van der Waals surface area contributed by atoms with E-state index in [1.165, 1.54) is 19.1 Å². The molecule has 1 N–H and O–H groups in total. The Bertz CT molecular complexity index is 519. The number of halogens is 1. The van der Waals surface area contributed by atoms with Crippen molar-refractivity contribution in [2.75, 3.05) is 0 Å². The fraction of sp³-hybridized carbons (Fsp3) is 0.167. The van der Waals surface area contributed by atoms with Gasteiger partial charge >= 0.3 is 0 Å². The minimum atomic E-state index is -0.260. The van der Waals surface area contributed by atoms with Gasteiger partial charge in [-0.05, 0) is 23.8 Å². The maximum atomic E-state index is 12.9. The van der Waals surface area contributed by atoms with Crippen LogP contribution in [0.1, 0.15) is 28.7 Å². The zero-order valence-corrected chi connectivity index (χ0v) is 8.83. The summed E-state index contributed by atoms with van der Waals surface area (Å²) in [6, 6.07) is 8.04. The van der Waals surface area contributed by atoms with Crippen LogP contribution in [-0.2, 0) is 6.42 Å². The van der Waals surface area contributed by atoms with E-state index >= 15 is 0 Å². The first-order chi connectivity index (χ1) is 7.65. The number of benzene rings is 1. The van der Waals surface area contributed by atoms with E-state index in [2.05, 4.69) is 10.2 Å². The molecule has 16 heavy (non-hydrogen) atoms. The first-order valence-electron chi connectivity index (χ1n) is 4.95. The van der Waals surface area contributed by atoms with Gasteiger partial charge in [0, 0.05) is 19.0 Å². The fourth-order valence-electron chi connectivity index (χ4n) is 1.50. The lowest BCUT2D eigenvalue weighted by atomic mass is 10.1. The molecule has 0 bridgehead atoms. The van der Waals surface area contributed by atoms with Crippen molar-refractivity contribution in [3.8, 4) is 0 Å². The van der Waals surface area contributed by atoms with Crippen molar-refractivity contribution in [2.45, 2.75) is 13.3 Å². The van der Waals surface area contributed by atoms with E-state index in [4.69, 9.17) is 0 Å². The Balaban J connectivity index is 2.17. The van der Waals surface area contributed by atoms with E-state index in [1.54, 1.807) is 12.1 Å². The van der Waals surface area contributed by atoms with Gasteiger partial charge in [0.2, 0.25) is 0 Å². The minimum absolute atomic E-state index is 0.0817. The van der Waals surface area contributed by atoms with Crippen LogP contribution in [0.25, 0.3) is 0 Å². The van der Waals surface area contributed by atoms with Crippen LogP contribution in [0.2, 0.25) is 0 Å². The molecular formula is C12H11FN2O. The van der Waals surface area contributed by atoms with Crippen LogP contribution in [-0.4, -0.2) is 16.0 Å². The number of aromatic nitrogens is 2. The number of hydrogen-bond acceptors (Lipinski definition) is 2. The molecule has 0 atom stereocenters. The highest BCUT2D eigenvalue weighted by Crippen LogP contribution is 2.10. The van der Waals surface area contributed by atoms with E-state index in [-0.39, 0.29) is 11.6 Å². The van der Waals surface area contributed by atoms with Crippen LogP contribution in [0.5, 0.6) is 0 Å². The van der Waals surface area contributed by atoms with Crippen LogP contribution in [0.15, 0.2) is 30.3 Å². The number of aromatic amines is 1. The molecule has 0 radical (unpaired) electrons. The Labute approximate surface area is 92.3 Å². The Morgan fingerprint density at radius 1 is 1.44 bits per heavy atom. The normalized spacial score (nSPS) is 10.4. The highest BCUT2D eigenvalue weighted by molar-refractivity contribution is 5.92. The number of nitrogens with one attached hydrogen (secondary N) is 1. The largest absolute Gasteiger partial charge is 0.293 e. The van der Waals surface area contributed by atoms with Crippen LogP contribution in [0.3, 0.4) is 0 Å². The average Bonchev–Trinajstić information content (AvgIpc) is 2.66. The topological polar surface area (TPSA) is 45.8 Å². The first kappa shape index (κ1) is 10.5. The van der Waals surface area contributed by atoms with Crippen LogP contribution < -0.4 is 0 Å². The summed E-state index contributed by atoms with van der Waals surface area (Å²) >= 11 is 0. The zero-order valence-electron chi connectivity index (χ0n) is 8.83. The summed E-state index contributed by atoms with van der Waals surface area (Å²) in [6.07, 6.45) is 0.540. The molecule has 0 fully saturated rings. The molecule has 0 aliphatic rings. The standard InChI is InChI=1S/C12H11FN2O/c1-8(16)12-7-11(14-15-12)6-9-3-2-4-10(13)5-9/h2-5,7H,6H2,1H3,(H,14,15). The molecule has 4 heteroatoms. The van der Waals surface area contributed by atoms with Gasteiger partial charge < -0.3 is 0 Å². The minimum Gasteiger partial charge on any atom is -0.293 e. The second-order valence-electron chi connectivity index (χ2n) is 3.64. The van der Waals surface area contributed by atoms with Gasteiger partial charge in [-0.1, -0.05) is 12.1 Å². The van der Waals surface area contributed by atoms with Gasteiger partial charge in [0.15, 0.2) is 5.78 Å². The predicted octanol–water partition coefficient (Wildman–Crippen LogP) is 2.34. The monoisotopic (exact) mass is 218 g/mol. The number of Topliss-reactive ketones (excluding diaryl/α,β-unsaturated/α-hetero) is 1. The van der Waals surface area contributed by atoms with Crippen LogP contribution in [0.4, 0.5) is 4.39 Å². The Morgan fingerprint density at radius 2 is 2.25 bits per heavy atom. The van der Waals surface area contributed by atoms with Crippen molar-refractivity contribution >= 4 is 5.78 Å². The van der Waals surface area contributed by atoms with Crippen molar-refractivity contribution in [1.29, 1.82) is 0 Å². The molecule has 1 heterocycles. The second kappa shape index (κ2) is 4.26. The molecule has 2 rings (SSSR count). The SMILES string of the molecule is CC(=O)c1cc(Cc2cccc(F)c2)[nH]n1. The van der Waals surface area contributed by atoms with Crippen LogP contribution >= 0.6 is 0 Å². The molecule has 0 spiro atoms. The number of nitrogens with zero attached hydrogens (tertiary/aromatic N) is 1. The highest BCUT2D eigenvalue weighted by atomic mass is 19.1. The zero-order chi connectivity index (χ0) is 11.5. The summed E-state index contributed by atoms with van der Waals surface area (Å²) in [4.78, 5) is 11.0. The number of H-pyrrole nitrogens is 1. The maximum absolute atomic E-state index is 12.9. The van der Waals surface area contributed by atoms with Gasteiger partial charge in [0.1, 0.15) is 11.5 Å². The summed E-state index contributed by atoms with van der Waals surface area (Å²) in [7, 11) is 0. The highest BCUT2D eigenvalue weighted by Gasteiger charge is 2.06. The van der Waals surface area contributed by atoms with Gasteiger partial charge in [-0.3, -0.25) is 9.89 Å². The quantitative estimate of drug-likeness (QED) is 0.804. The van der Waals surface area contributed by atoms with Crippen LogP contribution in [0, 0.1) is 5.82 Å². The molecule has 1 aromatic carbocycles. The summed E-state index contributed by atoms with van der Waals surface area (Å²) in [5.74, 6) is -0.342. The predicted molar refractivity (Wildman–Crippen MR) is 57.8 cm³/mol. The number of hydrogen-bond donors (Lipinski definition) is 1. The fourth-order valence-corrected chi connectivity index (χ4v) is 1.50. The lowest BCUT2D eigenvalue weighted by Gasteiger charge is -1.97. The summed E-state index contributed by atoms with van der Waals surface area (Å²) in [5.41, 5.74) is 2.06. The van der Waals surface area contributed by atoms with Gasteiger partial charge in [-0.15, -0.1) is 0 Å². The third kappa shape index (κ3) is 2.34. The third-order valence-corrected chi connectivity index (χ3v) is 2.28. The molecule has 82 valence electrons. The lowest BCUT2D eigenvalue weighted by Crippen LogP contribution is -1.90. The number of carbonyl (C=O) groups excluding carboxylic acids is 1. The molecule has 0 aliphatic heterocycles. The van der Waals surface area contributed by atoms with Crippen molar-refractivity contribution < 1.29 is 9.18 Å². The van der Waals surface area contributed by atoms with E-state index in [1.807, 2.05) is 6.07 Å². The van der Waals surface area contributed by atoms with Gasteiger partial charge in [-0.25, -0.2) is 4.39 Å². The molecule has 1 aromatic heterocycles. The van der Waals surface area contributed by atoms with Gasteiger partial charge in [-0.2, -0.15) is 5.10 Å². The second-order valence-corrected chi connectivity index (χ2v) is 3.64. The number of rotatable bonds is 3. The molecule has 0 unspecified atom stereocenters. The Hall–Kier alpha value is -1.97. The molecule has 2 aromatic rings. The Morgan fingerprint density at radius 3 is 2.88 bits per heavy atom. The lowest BCUT2D eigenvalue weighted by molar-refractivity contribution is 0.101. The summed E-state index contributed by atoms with van der Waals surface area (Å²) < 4.78 is 12.9. The van der Waals surface area contributed by atoms with E-state index in [0.29, 0.717) is 12.1 Å². The number of carbonyl (C=O) groups is 1. The third-order valence-electron chi connectivity index (χ3n) is 2.28. The van der Waals surface area contributed by atoms with Crippen molar-refractivity contribution in [2.24, 2.45) is 0 Å². The van der Waals surface area contributed by atoms with Crippen molar-refractivity contribution in [1.82, 2.24) is 10.2 Å². The molecule has 0 amide bonds. The molecule has 0 saturated heterocycles. The van der Waals surface area contributed by atoms with E-state index in [9.17, 15) is 9.18 Å². The molecular weight excluding hydrogens is 207 g/mol.